The lowest BCUT2D eigenvalue weighted by Crippen LogP contribution is -3.27. The number of allylic oxidation sites excluding steroid dienone is 2. The molecule has 2 N–H and O–H groups in total. The third kappa shape index (κ3) is 4.97. The van der Waals surface area contributed by atoms with E-state index in [0.29, 0.717) is 6.61 Å². The summed E-state index contributed by atoms with van der Waals surface area (Å²) < 4.78 is 11.7. The Balaban J connectivity index is 1.13. The summed E-state index contributed by atoms with van der Waals surface area (Å²) in [5.41, 5.74) is 2.51. The molecule has 3 aliphatic rings. The topological polar surface area (TPSA) is 27.3 Å². The van der Waals surface area contributed by atoms with E-state index in [0.717, 1.165) is 35.8 Å². The van der Waals surface area contributed by atoms with Crippen molar-refractivity contribution >= 4 is 0 Å². The molecule has 164 valence electrons. The zero-order chi connectivity index (χ0) is 21.0. The third-order valence-electron chi connectivity index (χ3n) is 7.55. The van der Waals surface area contributed by atoms with E-state index < -0.39 is 0 Å². The highest BCUT2D eigenvalue weighted by Gasteiger charge is 2.38. The molecule has 0 unspecified atom stereocenters. The minimum absolute atomic E-state index is 0.563. The Morgan fingerprint density at radius 2 is 1.65 bits per heavy atom. The Kier molecular flexibility index (Phi) is 6.28. The molecule has 0 aromatic heterocycles. The largest absolute Gasteiger partial charge is 0.493 e. The van der Waals surface area contributed by atoms with Crippen LogP contribution in [-0.2, 0) is 13.2 Å². The number of piperazine rings is 1. The Labute approximate surface area is 186 Å². The Hall–Kier alpha value is -2.30. The van der Waals surface area contributed by atoms with Gasteiger partial charge in [0.1, 0.15) is 39.3 Å². The van der Waals surface area contributed by atoms with Crippen LogP contribution in [0.15, 0.2) is 60.7 Å². The molecule has 1 heterocycles. The van der Waals surface area contributed by atoms with Crippen molar-refractivity contribution in [1.82, 2.24) is 0 Å². The van der Waals surface area contributed by atoms with Gasteiger partial charge in [-0.2, -0.15) is 0 Å². The number of benzene rings is 2. The van der Waals surface area contributed by atoms with Crippen LogP contribution in [0.2, 0.25) is 0 Å². The highest BCUT2D eigenvalue weighted by atomic mass is 16.5. The molecule has 1 saturated carbocycles. The van der Waals surface area contributed by atoms with E-state index in [4.69, 9.17) is 9.47 Å². The van der Waals surface area contributed by atoms with E-state index >= 15 is 0 Å². The van der Waals surface area contributed by atoms with E-state index in [1.165, 1.54) is 56.7 Å². The monoisotopic (exact) mass is 420 g/mol. The van der Waals surface area contributed by atoms with Gasteiger partial charge in [-0.25, -0.2) is 0 Å². The summed E-state index contributed by atoms with van der Waals surface area (Å²) in [5.74, 6) is 4.38. The zero-order valence-electron chi connectivity index (χ0n) is 18.7. The second-order valence-electron chi connectivity index (χ2n) is 9.68. The smallest absolute Gasteiger partial charge is 0.162 e. The molecule has 1 saturated heterocycles. The molecule has 2 aliphatic carbocycles. The van der Waals surface area contributed by atoms with Gasteiger partial charge in [0, 0.05) is 11.5 Å². The van der Waals surface area contributed by atoms with Gasteiger partial charge < -0.3 is 19.3 Å². The van der Waals surface area contributed by atoms with Crippen molar-refractivity contribution in [2.45, 2.75) is 26.0 Å². The first kappa shape index (κ1) is 20.6. The number of ether oxygens (including phenoxy) is 2. The summed E-state index contributed by atoms with van der Waals surface area (Å²) >= 11 is 0. The van der Waals surface area contributed by atoms with Crippen molar-refractivity contribution < 1.29 is 19.3 Å². The molecule has 0 radical (unpaired) electrons. The molecule has 0 amide bonds. The van der Waals surface area contributed by atoms with E-state index in [2.05, 4.69) is 42.5 Å². The third-order valence-corrected chi connectivity index (χ3v) is 7.55. The number of fused-ring (bicyclic) bond motifs is 2. The minimum Gasteiger partial charge on any atom is -0.493 e. The molecule has 5 rings (SSSR count). The zero-order valence-corrected chi connectivity index (χ0v) is 18.7. The average molecular weight is 421 g/mol. The van der Waals surface area contributed by atoms with Crippen molar-refractivity contribution in [2.75, 3.05) is 39.8 Å². The van der Waals surface area contributed by atoms with Crippen molar-refractivity contribution in [3.05, 3.63) is 71.8 Å². The first-order chi connectivity index (χ1) is 15.3. The lowest BCUT2D eigenvalue weighted by Gasteiger charge is -2.32. The molecule has 4 nitrogen and oxygen atoms in total. The normalized spacial score (nSPS) is 29.3. The summed E-state index contributed by atoms with van der Waals surface area (Å²) in [7, 11) is 1.71. The fourth-order valence-corrected chi connectivity index (χ4v) is 5.81. The molecule has 0 spiro atoms. The Morgan fingerprint density at radius 1 is 0.839 bits per heavy atom. The van der Waals surface area contributed by atoms with Crippen LogP contribution in [0.5, 0.6) is 11.5 Å². The standard InChI is InChI=1S/C27H34N2O2/c1-30-26-10-8-23(17-27(26)31-20-21-5-3-2-4-6-21)18-28-11-13-29(14-12-28)19-25-16-22-7-9-24(25)15-22/h2-10,17,22,24-25H,11-16,18-20H2,1H3/p+2/t22-,24+,25-/m1/s1. The van der Waals surface area contributed by atoms with Gasteiger partial charge in [0.05, 0.1) is 13.7 Å². The number of hydrogen-bond donors (Lipinski definition) is 2. The van der Waals surface area contributed by atoms with Gasteiger partial charge in [-0.1, -0.05) is 42.5 Å². The molecule has 1 aliphatic heterocycles. The maximum atomic E-state index is 6.12. The van der Waals surface area contributed by atoms with Gasteiger partial charge in [0.25, 0.3) is 0 Å². The molecule has 31 heavy (non-hydrogen) atoms. The van der Waals surface area contributed by atoms with Crippen LogP contribution in [0.1, 0.15) is 24.0 Å². The summed E-state index contributed by atoms with van der Waals surface area (Å²) in [4.78, 5) is 3.52. The highest BCUT2D eigenvalue weighted by molar-refractivity contribution is 5.43. The van der Waals surface area contributed by atoms with Crippen LogP contribution in [0.3, 0.4) is 0 Å². The SMILES string of the molecule is COc1ccc(C[NH+]2CC[NH+](C[C@H]3C[C@@H]4C=C[C@H]3C4)CC2)cc1OCc1ccccc1. The van der Waals surface area contributed by atoms with E-state index in [-0.39, 0.29) is 0 Å². The molecule has 2 bridgehead atoms. The van der Waals surface area contributed by atoms with Gasteiger partial charge >= 0.3 is 0 Å². The fraction of sp³-hybridized carbons (Fsp3) is 0.481. The predicted molar refractivity (Wildman–Crippen MR) is 123 cm³/mol. The lowest BCUT2D eigenvalue weighted by atomic mass is 9.93. The number of methoxy groups -OCH3 is 1. The molecule has 2 aromatic carbocycles. The van der Waals surface area contributed by atoms with Crippen molar-refractivity contribution in [3.63, 3.8) is 0 Å². The quantitative estimate of drug-likeness (QED) is 0.637. The van der Waals surface area contributed by atoms with E-state index in [1.54, 1.807) is 12.0 Å². The fourth-order valence-electron chi connectivity index (χ4n) is 5.81. The first-order valence-electron chi connectivity index (χ1n) is 12.0. The van der Waals surface area contributed by atoms with Crippen LogP contribution in [0, 0.1) is 17.8 Å². The summed E-state index contributed by atoms with van der Waals surface area (Å²) in [6.45, 7) is 8.15. The molecular weight excluding hydrogens is 384 g/mol. The molecular formula is C27H36N2O2+2. The Morgan fingerprint density at radius 3 is 2.35 bits per heavy atom. The number of nitrogens with one attached hydrogen (secondary N) is 2. The maximum Gasteiger partial charge on any atom is 0.162 e. The lowest BCUT2D eigenvalue weighted by molar-refractivity contribution is -1.02. The predicted octanol–water partition coefficient (Wildman–Crippen LogP) is 1.77. The summed E-state index contributed by atoms with van der Waals surface area (Å²) in [6, 6.07) is 16.7. The van der Waals surface area contributed by atoms with Gasteiger partial charge in [-0.3, -0.25) is 0 Å². The van der Waals surface area contributed by atoms with Gasteiger partial charge in [-0.15, -0.1) is 0 Å². The molecule has 2 aromatic rings. The highest BCUT2D eigenvalue weighted by Crippen LogP contribution is 2.42. The van der Waals surface area contributed by atoms with Crippen LogP contribution in [0.4, 0.5) is 0 Å². The Bertz CT molecular complexity index is 889. The molecule has 2 fully saturated rings. The van der Waals surface area contributed by atoms with Gasteiger partial charge in [-0.05, 0) is 48.4 Å². The van der Waals surface area contributed by atoms with Crippen molar-refractivity contribution in [2.24, 2.45) is 17.8 Å². The number of hydrogen-bond acceptors (Lipinski definition) is 2. The van der Waals surface area contributed by atoms with E-state index in [9.17, 15) is 0 Å². The van der Waals surface area contributed by atoms with Crippen LogP contribution >= 0.6 is 0 Å². The van der Waals surface area contributed by atoms with Gasteiger partial charge in [0.2, 0.25) is 0 Å². The number of quaternary nitrogens is 2. The first-order valence-corrected chi connectivity index (χ1v) is 12.0. The molecule has 4 heteroatoms. The van der Waals surface area contributed by atoms with Crippen LogP contribution in [-0.4, -0.2) is 39.8 Å². The maximum absolute atomic E-state index is 6.12. The molecule has 3 atom stereocenters. The van der Waals surface area contributed by atoms with E-state index in [1.807, 2.05) is 23.1 Å². The van der Waals surface area contributed by atoms with Crippen LogP contribution < -0.4 is 19.3 Å². The van der Waals surface area contributed by atoms with Crippen molar-refractivity contribution in [3.8, 4) is 11.5 Å². The second kappa shape index (κ2) is 9.46. The number of rotatable bonds is 8. The summed E-state index contributed by atoms with van der Waals surface area (Å²) in [6.07, 6.45) is 7.84. The minimum atomic E-state index is 0.563. The summed E-state index contributed by atoms with van der Waals surface area (Å²) in [5, 5.41) is 0. The van der Waals surface area contributed by atoms with Crippen molar-refractivity contribution in [1.29, 1.82) is 0 Å². The van der Waals surface area contributed by atoms with Crippen LogP contribution in [0.25, 0.3) is 0 Å². The average Bonchev–Trinajstić information content (AvgIpc) is 3.43. The van der Waals surface area contributed by atoms with Gasteiger partial charge in [0.15, 0.2) is 11.5 Å². The second-order valence-corrected chi connectivity index (χ2v) is 9.68.